The van der Waals surface area contributed by atoms with Crippen molar-refractivity contribution in [2.45, 2.75) is 44.3 Å². The van der Waals surface area contributed by atoms with Gasteiger partial charge < -0.3 is 15.0 Å². The van der Waals surface area contributed by atoms with Crippen LogP contribution in [0.2, 0.25) is 0 Å². The van der Waals surface area contributed by atoms with Gasteiger partial charge in [-0.15, -0.1) is 0 Å². The van der Waals surface area contributed by atoms with Crippen LogP contribution in [0.5, 0.6) is 0 Å². The van der Waals surface area contributed by atoms with E-state index in [0.717, 1.165) is 12.1 Å². The molecule has 1 amide bonds. The molecule has 140 valence electrons. The van der Waals surface area contributed by atoms with Gasteiger partial charge in [0, 0.05) is 22.7 Å². The Hall–Kier alpha value is -2.37. The van der Waals surface area contributed by atoms with Crippen LogP contribution in [-0.2, 0) is 16.0 Å². The smallest absolute Gasteiger partial charge is 0.281 e. The van der Waals surface area contributed by atoms with Gasteiger partial charge in [-0.25, -0.2) is 4.39 Å². The van der Waals surface area contributed by atoms with Gasteiger partial charge in [0.1, 0.15) is 11.6 Å². The summed E-state index contributed by atoms with van der Waals surface area (Å²) in [5, 5.41) is 28.7. The van der Waals surface area contributed by atoms with Crippen molar-refractivity contribution < 1.29 is 18.8 Å². The van der Waals surface area contributed by atoms with E-state index in [1.165, 1.54) is 26.0 Å². The highest BCUT2D eigenvalue weighted by atomic mass is 32.2. The standard InChI is InChI=1S/C18H22FN3O3S/c1-17(2,3)14(23)9-15(21)22-16(24)18(4,5)26(25)13-7-6-11(10-20)8-12(13)19/h6-9,23H,1-5H3,(H2,21,22,24)/b14-9-. The molecule has 0 bridgehead atoms. The van der Waals surface area contributed by atoms with Crippen molar-refractivity contribution in [1.29, 1.82) is 10.7 Å². The number of aliphatic hydroxyl groups is 1. The first kappa shape index (κ1) is 21.7. The largest absolute Gasteiger partial charge is 0.611 e. The highest BCUT2D eigenvalue weighted by Gasteiger charge is 2.43. The maximum atomic E-state index is 14.1. The fourth-order valence-corrected chi connectivity index (χ4v) is 2.94. The maximum absolute atomic E-state index is 14.1. The van der Waals surface area contributed by atoms with Crippen molar-refractivity contribution in [3.05, 3.63) is 41.4 Å². The number of carbonyl (C=O) groups is 1. The molecule has 0 heterocycles. The minimum Gasteiger partial charge on any atom is -0.611 e. The second-order valence-electron chi connectivity index (χ2n) is 7.18. The number of nitrogens with zero attached hydrogens (tertiary/aromatic N) is 1. The van der Waals surface area contributed by atoms with E-state index in [2.05, 4.69) is 5.32 Å². The first-order chi connectivity index (χ1) is 11.8. The lowest BCUT2D eigenvalue weighted by molar-refractivity contribution is -0.121. The Morgan fingerprint density at radius 2 is 1.96 bits per heavy atom. The van der Waals surface area contributed by atoms with Crippen molar-refractivity contribution in [1.82, 2.24) is 5.32 Å². The van der Waals surface area contributed by atoms with Crippen LogP contribution in [0.25, 0.3) is 0 Å². The number of amidine groups is 1. The Labute approximate surface area is 155 Å². The molecule has 1 atom stereocenters. The van der Waals surface area contributed by atoms with E-state index >= 15 is 0 Å². The number of benzene rings is 1. The molecule has 8 heteroatoms. The first-order valence-electron chi connectivity index (χ1n) is 7.73. The van der Waals surface area contributed by atoms with Crippen LogP contribution in [0.3, 0.4) is 0 Å². The Kier molecular flexibility index (Phi) is 6.58. The summed E-state index contributed by atoms with van der Waals surface area (Å²) in [6.07, 6.45) is 1.10. The Morgan fingerprint density at radius 3 is 2.42 bits per heavy atom. The lowest BCUT2D eigenvalue weighted by Crippen LogP contribution is -2.49. The summed E-state index contributed by atoms with van der Waals surface area (Å²) in [4.78, 5) is 12.2. The number of allylic oxidation sites excluding steroid dienone is 1. The predicted molar refractivity (Wildman–Crippen MR) is 97.6 cm³/mol. The molecular weight excluding hydrogens is 357 g/mol. The molecule has 0 radical (unpaired) electrons. The van der Waals surface area contributed by atoms with E-state index in [-0.39, 0.29) is 22.1 Å². The Morgan fingerprint density at radius 1 is 1.38 bits per heavy atom. The van der Waals surface area contributed by atoms with Gasteiger partial charge >= 0.3 is 0 Å². The van der Waals surface area contributed by atoms with Crippen LogP contribution in [0.15, 0.2) is 34.9 Å². The second-order valence-corrected chi connectivity index (χ2v) is 9.18. The van der Waals surface area contributed by atoms with Gasteiger partial charge in [0.2, 0.25) is 4.75 Å². The predicted octanol–water partition coefficient (Wildman–Crippen LogP) is 3.17. The van der Waals surface area contributed by atoms with E-state index in [0.29, 0.717) is 0 Å². The number of hydrogen-bond donors (Lipinski definition) is 3. The molecule has 3 N–H and O–H groups in total. The van der Waals surface area contributed by atoms with Crippen LogP contribution in [0, 0.1) is 28.0 Å². The quantitative estimate of drug-likeness (QED) is 0.322. The van der Waals surface area contributed by atoms with E-state index in [1.54, 1.807) is 26.8 Å². The Bertz CT molecular complexity index is 792. The molecule has 0 aliphatic carbocycles. The third-order valence-corrected chi connectivity index (χ3v) is 5.41. The molecule has 0 aliphatic heterocycles. The zero-order chi connectivity index (χ0) is 20.3. The Balaban J connectivity index is 3.01. The molecule has 0 saturated heterocycles. The van der Waals surface area contributed by atoms with Crippen LogP contribution < -0.4 is 5.32 Å². The van der Waals surface area contributed by atoms with Crippen molar-refractivity contribution >= 4 is 22.9 Å². The number of amides is 1. The van der Waals surface area contributed by atoms with Crippen LogP contribution >= 0.6 is 0 Å². The van der Waals surface area contributed by atoms with E-state index in [1.807, 2.05) is 0 Å². The van der Waals surface area contributed by atoms with Crippen molar-refractivity contribution in [3.8, 4) is 6.07 Å². The summed E-state index contributed by atoms with van der Waals surface area (Å²) in [6, 6.07) is 5.25. The molecule has 6 nitrogen and oxygen atoms in total. The number of halogens is 1. The van der Waals surface area contributed by atoms with E-state index in [4.69, 9.17) is 10.7 Å². The fourth-order valence-electron chi connectivity index (χ4n) is 1.74. The number of hydrogen-bond acceptors (Lipinski definition) is 5. The SMILES string of the molecule is CC(C)(C)/C(O)=C/C(=N)NC(=O)C(C)(C)[S+]([O-])c1ccc(C#N)cc1F. The highest BCUT2D eigenvalue weighted by Crippen LogP contribution is 2.28. The zero-order valence-electron chi connectivity index (χ0n) is 15.3. The maximum Gasteiger partial charge on any atom is 0.281 e. The molecule has 1 aromatic rings. The molecule has 0 spiro atoms. The monoisotopic (exact) mass is 379 g/mol. The van der Waals surface area contributed by atoms with Gasteiger partial charge in [-0.3, -0.25) is 10.2 Å². The van der Waals surface area contributed by atoms with Gasteiger partial charge in [-0.2, -0.15) is 5.26 Å². The molecule has 0 aromatic heterocycles. The summed E-state index contributed by atoms with van der Waals surface area (Å²) in [5.41, 5.74) is -0.517. The first-order valence-corrected chi connectivity index (χ1v) is 8.88. The number of carbonyl (C=O) groups excluding carboxylic acids is 1. The topological polar surface area (TPSA) is 120 Å². The highest BCUT2D eigenvalue weighted by molar-refractivity contribution is 7.93. The summed E-state index contributed by atoms with van der Waals surface area (Å²) < 4.78 is 25.2. The average Bonchev–Trinajstić information content (AvgIpc) is 2.52. The molecule has 1 aromatic carbocycles. The molecule has 1 unspecified atom stereocenters. The molecular formula is C18H22FN3O3S. The minimum atomic E-state index is -2.07. The van der Waals surface area contributed by atoms with Gasteiger partial charge in [-0.05, 0) is 32.0 Å². The summed E-state index contributed by atoms with van der Waals surface area (Å²) in [5.74, 6) is -2.07. The third kappa shape index (κ3) is 5.07. The van der Waals surface area contributed by atoms with E-state index in [9.17, 15) is 18.8 Å². The zero-order valence-corrected chi connectivity index (χ0v) is 16.1. The normalized spacial score (nSPS) is 13.7. The van der Waals surface area contributed by atoms with Crippen LogP contribution in [-0.4, -0.2) is 26.1 Å². The van der Waals surface area contributed by atoms with Gasteiger partial charge in [-0.1, -0.05) is 20.8 Å². The molecule has 0 aliphatic rings. The summed E-state index contributed by atoms with van der Waals surface area (Å²) in [6.45, 7) is 7.93. The number of nitrogens with one attached hydrogen (secondary N) is 2. The minimum absolute atomic E-state index is 0.0788. The molecule has 0 saturated carbocycles. The lowest BCUT2D eigenvalue weighted by Gasteiger charge is -2.27. The number of rotatable bonds is 4. The average molecular weight is 379 g/mol. The molecule has 26 heavy (non-hydrogen) atoms. The lowest BCUT2D eigenvalue weighted by atomic mass is 9.93. The summed E-state index contributed by atoms with van der Waals surface area (Å²) in [7, 11) is 0. The van der Waals surface area contributed by atoms with Crippen LogP contribution in [0.4, 0.5) is 4.39 Å². The van der Waals surface area contributed by atoms with Gasteiger partial charge in [0.25, 0.3) is 5.91 Å². The van der Waals surface area contributed by atoms with Crippen molar-refractivity contribution in [3.63, 3.8) is 0 Å². The van der Waals surface area contributed by atoms with Crippen molar-refractivity contribution in [2.24, 2.45) is 5.41 Å². The van der Waals surface area contributed by atoms with Crippen molar-refractivity contribution in [2.75, 3.05) is 0 Å². The molecule has 0 fully saturated rings. The van der Waals surface area contributed by atoms with Gasteiger partial charge in [0.05, 0.1) is 11.6 Å². The number of aliphatic hydroxyl groups excluding tert-OH is 1. The fraction of sp³-hybridized carbons (Fsp3) is 0.389. The number of nitriles is 1. The summed E-state index contributed by atoms with van der Waals surface area (Å²) >= 11 is -2.07. The van der Waals surface area contributed by atoms with Crippen LogP contribution in [0.1, 0.15) is 40.2 Å². The third-order valence-electron chi connectivity index (χ3n) is 3.57. The van der Waals surface area contributed by atoms with E-state index < -0.39 is 33.1 Å². The molecule has 1 rings (SSSR count). The second kappa shape index (κ2) is 7.89. The van der Waals surface area contributed by atoms with Gasteiger partial charge in [0.15, 0.2) is 10.7 Å².